The van der Waals surface area contributed by atoms with Gasteiger partial charge in [0.05, 0.1) is 12.9 Å². The summed E-state index contributed by atoms with van der Waals surface area (Å²) < 4.78 is 5.01. The van der Waals surface area contributed by atoms with Crippen molar-refractivity contribution >= 4 is 0 Å². The van der Waals surface area contributed by atoms with Crippen LogP contribution in [0.15, 0.2) is 35.6 Å². The monoisotopic (exact) mass is 272 g/mol. The van der Waals surface area contributed by atoms with E-state index in [0.717, 1.165) is 11.3 Å². The van der Waals surface area contributed by atoms with E-state index < -0.39 is 0 Å². The average Bonchev–Trinajstić information content (AvgIpc) is 2.52. The normalized spacial score (nSPS) is 7.47. The Kier molecular flexibility index (Phi) is 58.3. The van der Waals surface area contributed by atoms with Gasteiger partial charge < -0.3 is 4.74 Å². The molecular weight excluding hydrogens is 232 g/mol. The lowest BCUT2D eigenvalue weighted by atomic mass is 10.1. The lowest BCUT2D eigenvalue weighted by Gasteiger charge is -2.01. The largest absolute Gasteiger partial charge is 0.501 e. The zero-order valence-electron chi connectivity index (χ0n) is 15.8. The molecule has 0 spiro atoms. The summed E-state index contributed by atoms with van der Waals surface area (Å²) in [5.41, 5.74) is 2.38. The van der Waals surface area contributed by atoms with Crippen LogP contribution in [0.2, 0.25) is 0 Å². The first-order valence-electron chi connectivity index (χ1n) is 7.64. The van der Waals surface area contributed by atoms with Crippen molar-refractivity contribution in [2.24, 2.45) is 0 Å². The van der Waals surface area contributed by atoms with Crippen LogP contribution in [-0.2, 0) is 4.74 Å². The van der Waals surface area contributed by atoms with Crippen molar-refractivity contribution in [2.45, 2.75) is 76.2 Å². The Morgan fingerprint density at radius 3 is 1.26 bits per heavy atom. The summed E-state index contributed by atoms with van der Waals surface area (Å²) in [6.07, 6.45) is 3.81. The van der Waals surface area contributed by atoms with Gasteiger partial charge in [0.25, 0.3) is 0 Å². The van der Waals surface area contributed by atoms with Crippen LogP contribution in [0, 0.1) is 0 Å². The molecule has 0 radical (unpaired) electrons. The molecule has 0 saturated carbocycles. The first kappa shape index (κ1) is 30.8. The van der Waals surface area contributed by atoms with Crippen molar-refractivity contribution in [1.82, 2.24) is 0 Å². The van der Waals surface area contributed by atoms with Gasteiger partial charge in [-0.3, -0.25) is 0 Å². The van der Waals surface area contributed by atoms with Crippen LogP contribution in [0.1, 0.15) is 76.2 Å². The van der Waals surface area contributed by atoms with Crippen molar-refractivity contribution in [3.05, 3.63) is 35.6 Å². The molecule has 0 N–H and O–H groups in total. The fourth-order valence-corrected chi connectivity index (χ4v) is 0.685. The highest BCUT2D eigenvalue weighted by Gasteiger charge is 1.90. The van der Waals surface area contributed by atoms with E-state index in [9.17, 15) is 0 Å². The molecule has 1 nitrogen and oxygen atoms in total. The zero-order chi connectivity index (χ0) is 16.9. The highest BCUT2D eigenvalue weighted by Crippen LogP contribution is 2.08. The van der Waals surface area contributed by atoms with Crippen molar-refractivity contribution < 1.29 is 4.74 Å². The topological polar surface area (TPSA) is 9.23 Å². The summed E-state index contributed by atoms with van der Waals surface area (Å²) in [5.74, 6) is 0.904. The molecule has 0 aromatic rings. The number of rotatable bonds is 3. The number of ether oxygens (including phenoxy) is 1. The molecule has 0 bridgehead atoms. The molecule has 0 aromatic heterocycles. The van der Waals surface area contributed by atoms with Gasteiger partial charge in [0.2, 0.25) is 0 Å². The van der Waals surface area contributed by atoms with Crippen molar-refractivity contribution in [3.63, 3.8) is 0 Å². The Morgan fingerprint density at radius 2 is 1.11 bits per heavy atom. The second-order valence-corrected chi connectivity index (χ2v) is 2.62. The van der Waals surface area contributed by atoms with Crippen LogP contribution in [0.5, 0.6) is 0 Å². The molecule has 118 valence electrons. The number of hydrogen-bond acceptors (Lipinski definition) is 1. The maximum absolute atomic E-state index is 5.01. The van der Waals surface area contributed by atoms with Gasteiger partial charge in [0.1, 0.15) is 0 Å². The molecule has 0 saturated heterocycles. The van der Waals surface area contributed by atoms with Crippen molar-refractivity contribution in [3.8, 4) is 0 Å². The molecule has 0 atom stereocenters. The molecule has 0 rings (SSSR count). The molecule has 0 aliphatic carbocycles. The van der Waals surface area contributed by atoms with Crippen LogP contribution in [0.25, 0.3) is 0 Å². The second-order valence-electron chi connectivity index (χ2n) is 2.62. The van der Waals surface area contributed by atoms with Gasteiger partial charge in [-0.2, -0.15) is 0 Å². The van der Waals surface area contributed by atoms with E-state index in [1.54, 1.807) is 7.11 Å². The van der Waals surface area contributed by atoms with Crippen molar-refractivity contribution in [2.75, 3.05) is 7.11 Å². The smallest absolute Gasteiger partial charge is 0.0930 e. The highest BCUT2D eigenvalue weighted by atomic mass is 16.5. The third-order valence-corrected chi connectivity index (χ3v) is 1.48. The molecule has 1 heteroatoms. The van der Waals surface area contributed by atoms with E-state index in [1.165, 1.54) is 5.57 Å². The van der Waals surface area contributed by atoms with E-state index >= 15 is 0 Å². The summed E-state index contributed by atoms with van der Waals surface area (Å²) in [5, 5.41) is 0. The molecule has 0 heterocycles. The van der Waals surface area contributed by atoms with E-state index in [4.69, 9.17) is 4.74 Å². The third-order valence-electron chi connectivity index (χ3n) is 1.48. The SMILES string of the molecule is C=CC(/C=C(\C)OC)=C(C)C.CC.CC.CC.CC. The summed E-state index contributed by atoms with van der Waals surface area (Å²) in [7, 11) is 1.66. The van der Waals surface area contributed by atoms with Gasteiger partial charge in [-0.05, 0) is 32.4 Å². The first-order chi connectivity index (χ1) is 9.11. The van der Waals surface area contributed by atoms with E-state index in [2.05, 4.69) is 20.4 Å². The fraction of sp³-hybridized carbons (Fsp3) is 0.667. The predicted molar refractivity (Wildman–Crippen MR) is 94.7 cm³/mol. The molecule has 0 amide bonds. The van der Waals surface area contributed by atoms with Gasteiger partial charge in [-0.25, -0.2) is 0 Å². The van der Waals surface area contributed by atoms with E-state index in [0.29, 0.717) is 0 Å². The van der Waals surface area contributed by atoms with Gasteiger partial charge >= 0.3 is 0 Å². The average molecular weight is 273 g/mol. The Morgan fingerprint density at radius 1 is 0.789 bits per heavy atom. The maximum atomic E-state index is 5.01. The minimum absolute atomic E-state index is 0.904. The second kappa shape index (κ2) is 36.0. The highest BCUT2D eigenvalue weighted by molar-refractivity contribution is 5.33. The summed E-state index contributed by atoms with van der Waals surface area (Å²) in [6.45, 7) is 25.7. The minimum atomic E-state index is 0.904. The van der Waals surface area contributed by atoms with Crippen LogP contribution in [-0.4, -0.2) is 7.11 Å². The number of allylic oxidation sites excluding steroid dienone is 5. The van der Waals surface area contributed by atoms with E-state index in [1.807, 2.05) is 74.5 Å². The third kappa shape index (κ3) is 31.6. The number of methoxy groups -OCH3 is 1. The quantitative estimate of drug-likeness (QED) is 0.391. The molecular formula is C18H40O. The van der Waals surface area contributed by atoms with Crippen LogP contribution in [0.3, 0.4) is 0 Å². The van der Waals surface area contributed by atoms with Gasteiger partial charge in [0.15, 0.2) is 0 Å². The number of hydrogen-bond donors (Lipinski definition) is 0. The molecule has 0 fully saturated rings. The maximum Gasteiger partial charge on any atom is 0.0930 e. The lowest BCUT2D eigenvalue weighted by Crippen LogP contribution is -1.82. The molecule has 0 aromatic carbocycles. The predicted octanol–water partition coefficient (Wildman–Crippen LogP) is 7.16. The Balaban J connectivity index is -0.0000000693. The van der Waals surface area contributed by atoms with Gasteiger partial charge in [-0.1, -0.05) is 73.6 Å². The Bertz CT molecular complexity index is 194. The first-order valence-corrected chi connectivity index (χ1v) is 7.64. The Labute approximate surface area is 124 Å². The minimum Gasteiger partial charge on any atom is -0.501 e. The molecule has 19 heavy (non-hydrogen) atoms. The summed E-state index contributed by atoms with van der Waals surface area (Å²) in [4.78, 5) is 0. The van der Waals surface area contributed by atoms with Gasteiger partial charge in [-0.15, -0.1) is 0 Å². The molecule has 0 aliphatic rings. The Hall–Kier alpha value is -0.980. The molecule has 0 aliphatic heterocycles. The van der Waals surface area contributed by atoms with Crippen LogP contribution < -0.4 is 0 Å². The summed E-state index contributed by atoms with van der Waals surface area (Å²) in [6, 6.07) is 0. The van der Waals surface area contributed by atoms with Gasteiger partial charge in [0, 0.05) is 0 Å². The van der Waals surface area contributed by atoms with Crippen LogP contribution in [0.4, 0.5) is 0 Å². The lowest BCUT2D eigenvalue weighted by molar-refractivity contribution is 0.293. The molecule has 0 unspecified atom stereocenters. The van der Waals surface area contributed by atoms with Crippen LogP contribution >= 0.6 is 0 Å². The zero-order valence-corrected chi connectivity index (χ0v) is 15.8. The van der Waals surface area contributed by atoms with Crippen molar-refractivity contribution in [1.29, 1.82) is 0 Å². The van der Waals surface area contributed by atoms with E-state index in [-0.39, 0.29) is 0 Å². The standard InChI is InChI=1S/C10H16O.4C2H6/c1-6-10(8(2)3)7-9(4)11-5;4*1-2/h6-7H,1H2,2-5H3;4*1-2H3/b9-7+;;;;. The fourth-order valence-electron chi connectivity index (χ4n) is 0.685. The summed E-state index contributed by atoms with van der Waals surface area (Å²) >= 11 is 0.